The van der Waals surface area contributed by atoms with E-state index < -0.39 is 11.9 Å². The van der Waals surface area contributed by atoms with Gasteiger partial charge in [0, 0.05) is 11.8 Å². The molecule has 0 saturated heterocycles. The maximum absolute atomic E-state index is 15.0. The molecule has 6 nitrogen and oxygen atoms in total. The number of hydrogen-bond donors (Lipinski definition) is 4. The molecule has 4 N–H and O–H groups in total. The average Bonchev–Trinajstić information content (AvgIpc) is 3.31. The molecule has 8 heteroatoms. The number of anilines is 1. The first-order chi connectivity index (χ1) is 13.5. The van der Waals surface area contributed by atoms with Gasteiger partial charge in [-0.2, -0.15) is 5.10 Å². The molecule has 0 aliphatic carbocycles. The predicted octanol–water partition coefficient (Wildman–Crippen LogP) is 3.51. The van der Waals surface area contributed by atoms with E-state index in [-0.39, 0.29) is 18.0 Å². The van der Waals surface area contributed by atoms with E-state index in [1.165, 1.54) is 12.1 Å². The summed E-state index contributed by atoms with van der Waals surface area (Å²) in [6.45, 7) is 1.91. The number of aromatic amines is 1. The highest BCUT2D eigenvalue weighted by Crippen LogP contribution is 2.43. The lowest BCUT2D eigenvalue weighted by molar-refractivity contribution is 0.140. The highest BCUT2D eigenvalue weighted by Gasteiger charge is 2.26. The van der Waals surface area contributed by atoms with Crippen molar-refractivity contribution in [1.82, 2.24) is 10.2 Å². The third-order valence-electron chi connectivity index (χ3n) is 4.26. The van der Waals surface area contributed by atoms with Crippen molar-refractivity contribution in [1.29, 1.82) is 0 Å². The maximum atomic E-state index is 15.0. The van der Waals surface area contributed by atoms with Crippen molar-refractivity contribution in [2.75, 3.05) is 11.3 Å². The van der Waals surface area contributed by atoms with Crippen molar-refractivity contribution in [3.05, 3.63) is 64.7 Å². The number of aryl methyl sites for hydroxylation is 1. The number of rotatable bonds is 3. The number of phenols is 1. The summed E-state index contributed by atoms with van der Waals surface area (Å²) in [5.41, 5.74) is 2.44. The zero-order valence-electron chi connectivity index (χ0n) is 14.8. The number of hydrogen-bond acceptors (Lipinski definition) is 6. The molecule has 1 unspecified atom stereocenters. The number of H-pyrrole nitrogens is 1. The van der Waals surface area contributed by atoms with Crippen molar-refractivity contribution in [2.45, 2.75) is 17.9 Å². The molecule has 0 spiro atoms. The Morgan fingerprint density at radius 3 is 3.00 bits per heavy atom. The summed E-state index contributed by atoms with van der Waals surface area (Å²) in [7, 11) is 0. The number of aromatic hydroxyl groups is 1. The van der Waals surface area contributed by atoms with Crippen LogP contribution in [0.5, 0.6) is 11.5 Å². The van der Waals surface area contributed by atoms with E-state index in [0.29, 0.717) is 32.9 Å². The highest BCUT2D eigenvalue weighted by molar-refractivity contribution is 8.00. The Morgan fingerprint density at radius 2 is 2.21 bits per heavy atom. The first kappa shape index (κ1) is 18.2. The molecule has 142 valence electrons. The number of nitrogens with zero attached hydrogens (tertiary/aromatic N) is 1. The Hall–Kier alpha value is -3.15. The minimum absolute atomic E-state index is 0.00338. The molecule has 0 radical (unpaired) electrons. The number of halogens is 1. The summed E-state index contributed by atoms with van der Waals surface area (Å²) in [6, 6.07) is 6.37. The van der Waals surface area contributed by atoms with Crippen molar-refractivity contribution in [3.63, 3.8) is 0 Å². The second-order valence-corrected chi connectivity index (χ2v) is 7.10. The summed E-state index contributed by atoms with van der Waals surface area (Å²) in [5, 5.41) is 26.3. The summed E-state index contributed by atoms with van der Waals surface area (Å²) in [4.78, 5) is 0.553. The lowest BCUT2D eigenvalue weighted by Crippen LogP contribution is -1.97. The van der Waals surface area contributed by atoms with Crippen LogP contribution in [-0.4, -0.2) is 27.0 Å². The number of ether oxygens (including phenoxy) is 1. The van der Waals surface area contributed by atoms with Gasteiger partial charge >= 0.3 is 0 Å². The summed E-state index contributed by atoms with van der Waals surface area (Å²) in [5.74, 6) is 5.73. The van der Waals surface area contributed by atoms with Gasteiger partial charge in [0.1, 0.15) is 24.2 Å². The molecule has 0 amide bonds. The molecule has 1 aromatic heterocycles. The van der Waals surface area contributed by atoms with Gasteiger partial charge in [0.05, 0.1) is 27.9 Å². The van der Waals surface area contributed by atoms with Gasteiger partial charge in [-0.3, -0.25) is 5.10 Å². The van der Waals surface area contributed by atoms with Crippen LogP contribution in [0, 0.1) is 24.6 Å². The molecular weight excluding hydrogens is 381 g/mol. The van der Waals surface area contributed by atoms with E-state index in [4.69, 9.17) is 4.74 Å². The second kappa shape index (κ2) is 7.46. The molecule has 2 aromatic carbocycles. The van der Waals surface area contributed by atoms with Gasteiger partial charge in [0.15, 0.2) is 5.82 Å². The number of nitrogens with one attached hydrogen (secondary N) is 2. The molecule has 2 heterocycles. The van der Waals surface area contributed by atoms with Crippen LogP contribution in [0.4, 0.5) is 10.1 Å². The Bertz CT molecular complexity index is 1090. The number of aliphatic hydroxyl groups is 1. The van der Waals surface area contributed by atoms with Crippen molar-refractivity contribution in [2.24, 2.45) is 0 Å². The first-order valence-electron chi connectivity index (χ1n) is 8.43. The maximum Gasteiger partial charge on any atom is 0.163 e. The standard InChI is InChI=1S/C20H16FN3O3S/c1-11-2-5-16(19(21)14(11)4-3-12-8-22-23-9-12)24-28-18-7-13(25)6-15-17(26)10-27-20(15)18/h2,5-9,17,24-26H,10H2,1H3,(H,22,23). The highest BCUT2D eigenvalue weighted by atomic mass is 32.2. The summed E-state index contributed by atoms with van der Waals surface area (Å²) < 4.78 is 23.4. The molecular formula is C20H16FN3O3S. The van der Waals surface area contributed by atoms with E-state index in [2.05, 4.69) is 26.8 Å². The fraction of sp³-hybridized carbons (Fsp3) is 0.150. The molecule has 0 bridgehead atoms. The summed E-state index contributed by atoms with van der Waals surface area (Å²) >= 11 is 1.09. The minimum Gasteiger partial charge on any atom is -0.508 e. The third kappa shape index (κ3) is 3.50. The predicted molar refractivity (Wildman–Crippen MR) is 104 cm³/mol. The van der Waals surface area contributed by atoms with Gasteiger partial charge in [0.25, 0.3) is 0 Å². The van der Waals surface area contributed by atoms with Crippen LogP contribution >= 0.6 is 11.9 Å². The fourth-order valence-corrected chi connectivity index (χ4v) is 3.63. The smallest absolute Gasteiger partial charge is 0.163 e. The lowest BCUT2D eigenvalue weighted by atomic mass is 10.1. The fourth-order valence-electron chi connectivity index (χ4n) is 2.81. The largest absolute Gasteiger partial charge is 0.508 e. The molecule has 0 fully saturated rings. The van der Waals surface area contributed by atoms with Crippen LogP contribution in [0.2, 0.25) is 0 Å². The zero-order valence-corrected chi connectivity index (χ0v) is 15.6. The van der Waals surface area contributed by atoms with Crippen LogP contribution in [0.15, 0.2) is 41.6 Å². The Balaban J connectivity index is 1.60. The van der Waals surface area contributed by atoms with E-state index in [0.717, 1.165) is 11.9 Å². The van der Waals surface area contributed by atoms with Gasteiger partial charge in [-0.25, -0.2) is 4.39 Å². The van der Waals surface area contributed by atoms with E-state index in [1.54, 1.807) is 31.5 Å². The molecule has 3 aromatic rings. The van der Waals surface area contributed by atoms with E-state index in [9.17, 15) is 14.6 Å². The Kier molecular flexibility index (Phi) is 4.86. The van der Waals surface area contributed by atoms with Crippen LogP contribution in [0.1, 0.15) is 28.4 Å². The van der Waals surface area contributed by atoms with Crippen LogP contribution < -0.4 is 9.46 Å². The van der Waals surface area contributed by atoms with Gasteiger partial charge < -0.3 is 19.7 Å². The topological polar surface area (TPSA) is 90.4 Å². The van der Waals surface area contributed by atoms with E-state index in [1.807, 2.05) is 0 Å². The molecule has 1 aliphatic heterocycles. The van der Waals surface area contributed by atoms with Gasteiger partial charge in [0.2, 0.25) is 0 Å². The van der Waals surface area contributed by atoms with Gasteiger partial charge in [-0.1, -0.05) is 17.9 Å². The third-order valence-corrected chi connectivity index (χ3v) is 5.11. The van der Waals surface area contributed by atoms with Crippen molar-refractivity contribution < 1.29 is 19.3 Å². The molecule has 1 aliphatic rings. The zero-order chi connectivity index (χ0) is 19.7. The molecule has 1 atom stereocenters. The lowest BCUT2D eigenvalue weighted by Gasteiger charge is -2.12. The number of aromatic nitrogens is 2. The monoisotopic (exact) mass is 397 g/mol. The minimum atomic E-state index is -0.789. The number of benzene rings is 2. The number of aliphatic hydroxyl groups excluding tert-OH is 1. The first-order valence-corrected chi connectivity index (χ1v) is 9.25. The quantitative estimate of drug-likeness (QED) is 0.400. The molecule has 0 saturated carbocycles. The Labute approximate surface area is 164 Å². The van der Waals surface area contributed by atoms with E-state index >= 15 is 0 Å². The summed E-state index contributed by atoms with van der Waals surface area (Å²) in [6.07, 6.45) is 2.41. The average molecular weight is 397 g/mol. The molecule has 4 rings (SSSR count). The van der Waals surface area contributed by atoms with Crippen molar-refractivity contribution in [3.8, 4) is 23.3 Å². The van der Waals surface area contributed by atoms with Crippen LogP contribution in [0.3, 0.4) is 0 Å². The van der Waals surface area contributed by atoms with Gasteiger partial charge in [-0.15, -0.1) is 0 Å². The van der Waals surface area contributed by atoms with Gasteiger partial charge in [-0.05, 0) is 42.6 Å². The Morgan fingerprint density at radius 1 is 1.36 bits per heavy atom. The van der Waals surface area contributed by atoms with Crippen LogP contribution in [-0.2, 0) is 0 Å². The SMILES string of the molecule is Cc1ccc(NSc2cc(O)cc3c2OCC3O)c(F)c1C#Cc1cn[nH]c1. The second-order valence-electron chi connectivity index (χ2n) is 6.25. The van der Waals surface area contributed by atoms with Crippen molar-refractivity contribution >= 4 is 17.6 Å². The van der Waals surface area contributed by atoms with Crippen LogP contribution in [0.25, 0.3) is 0 Å². The normalized spacial score (nSPS) is 14.8. The number of fused-ring (bicyclic) bond motifs is 1. The number of phenolic OH excluding ortho intramolecular Hbond substituents is 1. The molecule has 28 heavy (non-hydrogen) atoms.